The molecule has 0 nitrogen and oxygen atoms in total. The van der Waals surface area contributed by atoms with Crippen molar-refractivity contribution in [3.05, 3.63) is 71.1 Å². The first kappa shape index (κ1) is 12.0. The second kappa shape index (κ2) is 4.45. The maximum Gasteiger partial charge on any atom is -0.00987 e. The van der Waals surface area contributed by atoms with Crippen LogP contribution in [0.2, 0.25) is 0 Å². The number of hydrogen-bond acceptors (Lipinski definition) is 0. The van der Waals surface area contributed by atoms with E-state index in [9.17, 15) is 0 Å². The predicted octanol–water partition coefficient (Wildman–Crippen LogP) is 4.50. The molecule has 0 atom stereocenters. The first-order valence-electron chi connectivity index (χ1n) is 7.95. The van der Waals surface area contributed by atoms with Gasteiger partial charge < -0.3 is 0 Å². The number of fused-ring (bicyclic) bond motifs is 6. The Morgan fingerprint density at radius 2 is 1.18 bits per heavy atom. The molecule has 0 saturated carbocycles. The van der Waals surface area contributed by atoms with Gasteiger partial charge in [0, 0.05) is 0 Å². The fourth-order valence-electron chi connectivity index (χ4n) is 3.74. The fourth-order valence-corrected chi connectivity index (χ4v) is 3.74. The summed E-state index contributed by atoms with van der Waals surface area (Å²) in [6, 6.07) is 22.4. The van der Waals surface area contributed by atoms with Gasteiger partial charge >= 0.3 is 0 Å². The summed E-state index contributed by atoms with van der Waals surface area (Å²) in [4.78, 5) is 0. The topological polar surface area (TPSA) is 0 Å². The molecule has 0 unspecified atom stereocenters. The van der Waals surface area contributed by atoms with Gasteiger partial charge in [0.2, 0.25) is 0 Å². The van der Waals surface area contributed by atoms with Gasteiger partial charge in [0.05, 0.1) is 0 Å². The van der Waals surface area contributed by atoms with Crippen LogP contribution >= 0.6 is 0 Å². The van der Waals surface area contributed by atoms with Crippen molar-refractivity contribution in [2.45, 2.75) is 12.8 Å². The molecule has 0 amide bonds. The second-order valence-corrected chi connectivity index (χ2v) is 6.14. The summed E-state index contributed by atoms with van der Waals surface area (Å²) in [7, 11) is 0. The minimum absolute atomic E-state index is 1.16. The van der Waals surface area contributed by atoms with E-state index in [1.54, 1.807) is 0 Å². The molecule has 4 aromatic carbocycles. The molecule has 104 valence electrons. The summed E-state index contributed by atoms with van der Waals surface area (Å²) in [6.45, 7) is 0. The van der Waals surface area contributed by atoms with Gasteiger partial charge in [-0.1, -0.05) is 60.7 Å². The van der Waals surface area contributed by atoms with Gasteiger partial charge in [-0.25, -0.2) is 0 Å². The summed E-state index contributed by atoms with van der Waals surface area (Å²) in [5.41, 5.74) is 0. The lowest BCUT2D eigenvalue weighted by Gasteiger charge is -2.09. The molecule has 0 bridgehead atoms. The lowest BCUT2D eigenvalue weighted by Crippen LogP contribution is -2.26. The van der Waals surface area contributed by atoms with Crippen molar-refractivity contribution >= 4 is 44.5 Å². The van der Waals surface area contributed by atoms with Crippen molar-refractivity contribution in [2.75, 3.05) is 0 Å². The molecule has 0 aromatic heterocycles. The Labute approximate surface area is 129 Å². The van der Waals surface area contributed by atoms with Gasteiger partial charge in [-0.15, -0.1) is 0 Å². The average molecular weight is 280 g/mol. The third-order valence-corrected chi connectivity index (χ3v) is 4.84. The lowest BCUT2D eigenvalue weighted by atomic mass is 9.95. The van der Waals surface area contributed by atoms with E-state index in [1.165, 1.54) is 42.8 Å². The van der Waals surface area contributed by atoms with E-state index in [1.807, 2.05) is 0 Å². The van der Waals surface area contributed by atoms with E-state index in [0.717, 1.165) is 12.8 Å². The molecule has 4 aromatic rings. The summed E-state index contributed by atoms with van der Waals surface area (Å²) < 4.78 is 0. The SMILES string of the molecule is C1=c2cc3ccc4c5ccccc5ccc4c3cc2=CCC1. The number of rotatable bonds is 0. The smallest absolute Gasteiger partial charge is 0.00987 e. The van der Waals surface area contributed by atoms with E-state index in [4.69, 9.17) is 0 Å². The molecule has 1 aliphatic rings. The first-order valence-corrected chi connectivity index (χ1v) is 7.95. The quantitative estimate of drug-likeness (QED) is 0.416. The minimum atomic E-state index is 1.16. The van der Waals surface area contributed by atoms with E-state index in [2.05, 4.69) is 72.8 Å². The molecule has 22 heavy (non-hydrogen) atoms. The maximum absolute atomic E-state index is 2.37. The van der Waals surface area contributed by atoms with Crippen molar-refractivity contribution in [1.29, 1.82) is 0 Å². The van der Waals surface area contributed by atoms with Crippen LogP contribution in [-0.4, -0.2) is 0 Å². The van der Waals surface area contributed by atoms with Crippen LogP contribution < -0.4 is 10.4 Å². The molecule has 5 rings (SSSR count). The normalized spacial score (nSPS) is 13.8. The Balaban J connectivity index is 2.02. The summed E-state index contributed by atoms with van der Waals surface area (Å²) in [5, 5.41) is 10.9. The molecule has 0 heterocycles. The van der Waals surface area contributed by atoms with E-state index >= 15 is 0 Å². The molecule has 0 heteroatoms. The fraction of sp³-hybridized carbons (Fsp3) is 0.0909. The maximum atomic E-state index is 2.37. The molecule has 0 fully saturated rings. The van der Waals surface area contributed by atoms with Gasteiger partial charge in [0.25, 0.3) is 0 Å². The van der Waals surface area contributed by atoms with Crippen LogP contribution in [0.25, 0.3) is 44.5 Å². The molecular weight excluding hydrogens is 264 g/mol. The predicted molar refractivity (Wildman–Crippen MR) is 96.4 cm³/mol. The van der Waals surface area contributed by atoms with Crippen LogP contribution in [0.3, 0.4) is 0 Å². The Kier molecular flexibility index (Phi) is 2.42. The Bertz CT molecular complexity index is 1160. The zero-order valence-corrected chi connectivity index (χ0v) is 12.3. The zero-order chi connectivity index (χ0) is 14.5. The van der Waals surface area contributed by atoms with Gasteiger partial charge in [0.1, 0.15) is 0 Å². The van der Waals surface area contributed by atoms with Crippen LogP contribution in [-0.2, 0) is 0 Å². The lowest BCUT2D eigenvalue weighted by molar-refractivity contribution is 1.12. The van der Waals surface area contributed by atoms with Crippen LogP contribution in [0.15, 0.2) is 60.7 Å². The van der Waals surface area contributed by atoms with Gasteiger partial charge in [-0.3, -0.25) is 0 Å². The highest BCUT2D eigenvalue weighted by molar-refractivity contribution is 6.17. The van der Waals surface area contributed by atoms with Crippen molar-refractivity contribution < 1.29 is 0 Å². The third-order valence-electron chi connectivity index (χ3n) is 4.84. The van der Waals surface area contributed by atoms with Gasteiger partial charge in [-0.2, -0.15) is 0 Å². The van der Waals surface area contributed by atoms with Crippen LogP contribution in [0.4, 0.5) is 0 Å². The molecule has 0 N–H and O–H groups in total. The standard InChI is InChI=1S/C22H16/c1-2-7-17-14-22-18(13-16(17)6-1)10-12-20-19-8-4-3-5-15(19)9-11-21(20)22/h3-14H,1-2H2. The van der Waals surface area contributed by atoms with Crippen molar-refractivity contribution in [3.63, 3.8) is 0 Å². The first-order chi connectivity index (χ1) is 10.9. The summed E-state index contributed by atoms with van der Waals surface area (Å²) in [6.07, 6.45) is 7.05. The molecule has 0 spiro atoms. The van der Waals surface area contributed by atoms with Crippen molar-refractivity contribution in [1.82, 2.24) is 0 Å². The van der Waals surface area contributed by atoms with Crippen molar-refractivity contribution in [3.8, 4) is 0 Å². The largest absolute Gasteiger partial charge is 0.0763 e. The summed E-state index contributed by atoms with van der Waals surface area (Å²) >= 11 is 0. The van der Waals surface area contributed by atoms with Crippen LogP contribution in [0, 0.1) is 0 Å². The highest BCUT2D eigenvalue weighted by atomic mass is 14.1. The van der Waals surface area contributed by atoms with E-state index in [0.29, 0.717) is 0 Å². The molecule has 0 radical (unpaired) electrons. The Hall–Kier alpha value is -2.60. The highest BCUT2D eigenvalue weighted by Gasteiger charge is 2.05. The second-order valence-electron chi connectivity index (χ2n) is 6.14. The molecule has 0 saturated heterocycles. The number of benzene rings is 4. The van der Waals surface area contributed by atoms with E-state index in [-0.39, 0.29) is 0 Å². The third kappa shape index (κ3) is 1.64. The molecule has 0 aliphatic heterocycles. The zero-order valence-electron chi connectivity index (χ0n) is 12.3. The average Bonchev–Trinajstić information content (AvgIpc) is 2.59. The Morgan fingerprint density at radius 3 is 2.05 bits per heavy atom. The van der Waals surface area contributed by atoms with Crippen LogP contribution in [0.1, 0.15) is 12.8 Å². The highest BCUT2D eigenvalue weighted by Crippen LogP contribution is 2.30. The van der Waals surface area contributed by atoms with E-state index < -0.39 is 0 Å². The summed E-state index contributed by atoms with van der Waals surface area (Å²) in [5.74, 6) is 0. The molecular formula is C22H16. The monoisotopic (exact) mass is 280 g/mol. The Morgan fingerprint density at radius 1 is 0.500 bits per heavy atom. The van der Waals surface area contributed by atoms with Gasteiger partial charge in [0.15, 0.2) is 0 Å². The molecule has 1 aliphatic carbocycles. The van der Waals surface area contributed by atoms with Crippen molar-refractivity contribution in [2.24, 2.45) is 0 Å². The number of hydrogen-bond donors (Lipinski definition) is 0. The van der Waals surface area contributed by atoms with Gasteiger partial charge in [-0.05, 0) is 67.7 Å². The minimum Gasteiger partial charge on any atom is -0.0763 e. The van der Waals surface area contributed by atoms with Crippen LogP contribution in [0.5, 0.6) is 0 Å².